The van der Waals surface area contributed by atoms with Crippen molar-refractivity contribution in [3.8, 4) is 0 Å². The summed E-state index contributed by atoms with van der Waals surface area (Å²) in [5.41, 5.74) is 5.67. The number of nitrogens with two attached hydrogens (primary N) is 1. The van der Waals surface area contributed by atoms with Gasteiger partial charge in [0.25, 0.3) is 0 Å². The summed E-state index contributed by atoms with van der Waals surface area (Å²) in [5, 5.41) is 11.9. The SMILES string of the molecule is NC(=O)CC[C@@H](NC(=O)Cc1ccc(Cl)cc1)C(=O)O. The minimum atomic E-state index is -1.20. The van der Waals surface area contributed by atoms with Gasteiger partial charge in [0, 0.05) is 11.4 Å². The third-order valence-electron chi connectivity index (χ3n) is 2.59. The molecule has 0 aliphatic carbocycles. The number of carbonyl (C=O) groups excluding carboxylic acids is 2. The second kappa shape index (κ2) is 7.49. The molecular formula is C13H15ClN2O4. The lowest BCUT2D eigenvalue weighted by Crippen LogP contribution is -2.42. The number of carboxylic acids is 1. The molecule has 2 amide bonds. The van der Waals surface area contributed by atoms with Crippen LogP contribution in [0.4, 0.5) is 0 Å². The van der Waals surface area contributed by atoms with Crippen LogP contribution in [0.15, 0.2) is 24.3 Å². The number of carboxylic acid groups (broad SMARTS) is 1. The van der Waals surface area contributed by atoms with E-state index in [0.717, 1.165) is 0 Å². The average molecular weight is 299 g/mol. The molecular weight excluding hydrogens is 284 g/mol. The number of halogens is 1. The molecule has 0 aliphatic rings. The van der Waals surface area contributed by atoms with E-state index in [9.17, 15) is 14.4 Å². The van der Waals surface area contributed by atoms with Crippen molar-refractivity contribution in [2.75, 3.05) is 0 Å². The smallest absolute Gasteiger partial charge is 0.326 e. The minimum Gasteiger partial charge on any atom is -0.480 e. The fourth-order valence-corrected chi connectivity index (χ4v) is 1.70. The molecule has 1 atom stereocenters. The van der Waals surface area contributed by atoms with Crippen LogP contribution >= 0.6 is 11.6 Å². The summed E-state index contributed by atoms with van der Waals surface area (Å²) < 4.78 is 0. The van der Waals surface area contributed by atoms with Crippen molar-refractivity contribution in [2.45, 2.75) is 25.3 Å². The Hall–Kier alpha value is -2.08. The average Bonchev–Trinajstić information content (AvgIpc) is 2.36. The van der Waals surface area contributed by atoms with E-state index in [4.69, 9.17) is 22.4 Å². The van der Waals surface area contributed by atoms with Crippen molar-refractivity contribution in [1.82, 2.24) is 5.32 Å². The quantitative estimate of drug-likeness (QED) is 0.689. The van der Waals surface area contributed by atoms with E-state index in [-0.39, 0.29) is 19.3 Å². The van der Waals surface area contributed by atoms with Crippen LogP contribution in [0.2, 0.25) is 5.02 Å². The van der Waals surface area contributed by atoms with Crippen LogP contribution in [-0.4, -0.2) is 28.9 Å². The Balaban J connectivity index is 2.55. The first-order valence-electron chi connectivity index (χ1n) is 5.93. The van der Waals surface area contributed by atoms with Gasteiger partial charge in [0.15, 0.2) is 0 Å². The number of carbonyl (C=O) groups is 3. The van der Waals surface area contributed by atoms with Gasteiger partial charge in [0.05, 0.1) is 6.42 Å². The maximum absolute atomic E-state index is 11.7. The van der Waals surface area contributed by atoms with Crippen LogP contribution in [0.5, 0.6) is 0 Å². The molecule has 1 rings (SSSR count). The predicted octanol–water partition coefficient (Wildman–Crippen LogP) is 0.717. The van der Waals surface area contributed by atoms with Gasteiger partial charge in [-0.05, 0) is 24.1 Å². The number of hydrogen-bond acceptors (Lipinski definition) is 3. The molecule has 0 unspecified atom stereocenters. The largest absolute Gasteiger partial charge is 0.480 e. The number of aliphatic carboxylic acids is 1. The maximum atomic E-state index is 11.7. The van der Waals surface area contributed by atoms with Crippen LogP contribution in [0.3, 0.4) is 0 Å². The number of primary amides is 1. The van der Waals surface area contributed by atoms with Crippen LogP contribution in [-0.2, 0) is 20.8 Å². The van der Waals surface area contributed by atoms with E-state index >= 15 is 0 Å². The van der Waals surface area contributed by atoms with Crippen molar-refractivity contribution in [3.05, 3.63) is 34.9 Å². The van der Waals surface area contributed by atoms with E-state index in [0.29, 0.717) is 10.6 Å². The molecule has 0 aliphatic heterocycles. The van der Waals surface area contributed by atoms with Gasteiger partial charge >= 0.3 is 5.97 Å². The third-order valence-corrected chi connectivity index (χ3v) is 2.84. The van der Waals surface area contributed by atoms with Crippen molar-refractivity contribution in [1.29, 1.82) is 0 Å². The van der Waals surface area contributed by atoms with Crippen LogP contribution in [0.25, 0.3) is 0 Å². The summed E-state index contributed by atoms with van der Waals surface area (Å²) in [6.45, 7) is 0. The van der Waals surface area contributed by atoms with Gasteiger partial charge in [-0.2, -0.15) is 0 Å². The number of nitrogens with one attached hydrogen (secondary N) is 1. The van der Waals surface area contributed by atoms with Gasteiger partial charge in [-0.3, -0.25) is 9.59 Å². The van der Waals surface area contributed by atoms with Crippen molar-refractivity contribution in [2.24, 2.45) is 5.73 Å². The summed E-state index contributed by atoms with van der Waals surface area (Å²) in [7, 11) is 0. The van der Waals surface area contributed by atoms with Gasteiger partial charge in [0.1, 0.15) is 6.04 Å². The monoisotopic (exact) mass is 298 g/mol. The zero-order chi connectivity index (χ0) is 15.1. The zero-order valence-electron chi connectivity index (χ0n) is 10.6. The molecule has 0 spiro atoms. The first-order valence-corrected chi connectivity index (χ1v) is 6.31. The Kier molecular flexibility index (Phi) is 5.99. The highest BCUT2D eigenvalue weighted by Gasteiger charge is 2.20. The van der Waals surface area contributed by atoms with Crippen LogP contribution < -0.4 is 11.1 Å². The van der Waals surface area contributed by atoms with E-state index in [2.05, 4.69) is 5.32 Å². The lowest BCUT2D eigenvalue weighted by atomic mass is 10.1. The molecule has 0 radical (unpaired) electrons. The van der Waals surface area contributed by atoms with E-state index < -0.39 is 23.8 Å². The minimum absolute atomic E-state index is 0.0307. The number of rotatable bonds is 7. The Morgan fingerprint density at radius 3 is 2.35 bits per heavy atom. The Morgan fingerprint density at radius 2 is 1.85 bits per heavy atom. The summed E-state index contributed by atoms with van der Waals surface area (Å²) >= 11 is 5.72. The lowest BCUT2D eigenvalue weighted by molar-refractivity contribution is -0.142. The van der Waals surface area contributed by atoms with Gasteiger partial charge in [0.2, 0.25) is 11.8 Å². The summed E-state index contributed by atoms with van der Waals surface area (Å²) in [6, 6.07) is 5.53. The second-order valence-corrected chi connectivity index (χ2v) is 4.70. The molecule has 1 aromatic carbocycles. The predicted molar refractivity (Wildman–Crippen MR) is 73.2 cm³/mol. The fourth-order valence-electron chi connectivity index (χ4n) is 1.58. The standard InChI is InChI=1S/C13H15ClN2O4/c14-9-3-1-8(2-4-9)7-12(18)16-10(13(19)20)5-6-11(15)17/h1-4,10H,5-7H2,(H2,15,17)(H,16,18)(H,19,20)/t10-/m1/s1. The van der Waals surface area contributed by atoms with Gasteiger partial charge in [-0.25, -0.2) is 4.79 Å². The summed E-state index contributed by atoms with van der Waals surface area (Å²) in [6.07, 6.45) is -0.0905. The summed E-state index contributed by atoms with van der Waals surface area (Å²) in [4.78, 5) is 33.3. The van der Waals surface area contributed by atoms with Crippen LogP contribution in [0.1, 0.15) is 18.4 Å². The van der Waals surface area contributed by atoms with Gasteiger partial charge in [-0.15, -0.1) is 0 Å². The Labute approximate surface area is 120 Å². The van der Waals surface area contributed by atoms with Gasteiger partial charge in [-0.1, -0.05) is 23.7 Å². The van der Waals surface area contributed by atoms with Crippen molar-refractivity contribution in [3.63, 3.8) is 0 Å². The molecule has 0 aromatic heterocycles. The first kappa shape index (κ1) is 16.0. The highest BCUT2D eigenvalue weighted by molar-refractivity contribution is 6.30. The highest BCUT2D eigenvalue weighted by Crippen LogP contribution is 2.10. The Morgan fingerprint density at radius 1 is 1.25 bits per heavy atom. The summed E-state index contributed by atoms with van der Waals surface area (Å²) in [5.74, 6) is -2.25. The molecule has 0 fully saturated rings. The molecule has 7 heteroatoms. The molecule has 20 heavy (non-hydrogen) atoms. The molecule has 108 valence electrons. The molecule has 6 nitrogen and oxygen atoms in total. The molecule has 0 saturated carbocycles. The number of hydrogen-bond donors (Lipinski definition) is 3. The maximum Gasteiger partial charge on any atom is 0.326 e. The third kappa shape index (κ3) is 5.71. The Bertz CT molecular complexity index is 502. The van der Waals surface area contributed by atoms with E-state index in [1.807, 2.05) is 0 Å². The molecule has 4 N–H and O–H groups in total. The second-order valence-electron chi connectivity index (χ2n) is 4.27. The van der Waals surface area contributed by atoms with Crippen molar-refractivity contribution < 1.29 is 19.5 Å². The van der Waals surface area contributed by atoms with E-state index in [1.165, 1.54) is 0 Å². The molecule has 0 bridgehead atoms. The highest BCUT2D eigenvalue weighted by atomic mass is 35.5. The molecule has 0 saturated heterocycles. The molecule has 0 heterocycles. The molecule has 1 aromatic rings. The number of benzene rings is 1. The van der Waals surface area contributed by atoms with Crippen LogP contribution in [0, 0.1) is 0 Å². The first-order chi connectivity index (χ1) is 9.38. The van der Waals surface area contributed by atoms with Gasteiger partial charge < -0.3 is 16.2 Å². The van der Waals surface area contributed by atoms with Crippen molar-refractivity contribution >= 4 is 29.4 Å². The topological polar surface area (TPSA) is 109 Å². The fraction of sp³-hybridized carbons (Fsp3) is 0.308. The lowest BCUT2D eigenvalue weighted by Gasteiger charge is -2.13. The normalized spacial score (nSPS) is 11.7. The van der Waals surface area contributed by atoms with E-state index in [1.54, 1.807) is 24.3 Å². The zero-order valence-corrected chi connectivity index (χ0v) is 11.4. The number of amides is 2.